The topological polar surface area (TPSA) is 95.7 Å². The molecule has 0 saturated carbocycles. The molecular formula is C24H25N3O5. The third-order valence-corrected chi connectivity index (χ3v) is 4.47. The van der Waals surface area contributed by atoms with Gasteiger partial charge in [0.25, 0.3) is 5.91 Å². The molecule has 8 nitrogen and oxygen atoms in total. The minimum atomic E-state index is -0.386. The number of anilines is 1. The largest absolute Gasteiger partial charge is 0.496 e. The van der Waals surface area contributed by atoms with E-state index in [0.29, 0.717) is 45.6 Å². The van der Waals surface area contributed by atoms with Gasteiger partial charge in [-0.1, -0.05) is 19.9 Å². The van der Waals surface area contributed by atoms with Crippen LogP contribution >= 0.6 is 0 Å². The molecule has 0 unspecified atom stereocenters. The molecule has 2 heterocycles. The predicted molar refractivity (Wildman–Crippen MR) is 123 cm³/mol. The smallest absolute Gasteiger partial charge is 0.263 e. The van der Waals surface area contributed by atoms with Crippen molar-refractivity contribution in [3.63, 3.8) is 0 Å². The zero-order chi connectivity index (χ0) is 23.1. The van der Waals surface area contributed by atoms with Gasteiger partial charge in [-0.05, 0) is 30.3 Å². The van der Waals surface area contributed by atoms with Gasteiger partial charge in [-0.15, -0.1) is 0 Å². The molecule has 0 bridgehead atoms. The molecule has 1 N–H and O–H groups in total. The average Bonchev–Trinajstić information content (AvgIpc) is 3.29. The number of pyridine rings is 1. The molecule has 0 aliphatic rings. The van der Waals surface area contributed by atoms with Crippen molar-refractivity contribution >= 4 is 22.8 Å². The minimum absolute atomic E-state index is 0.261. The molecule has 0 spiro atoms. The molecule has 0 saturated heterocycles. The highest BCUT2D eigenvalue weighted by Crippen LogP contribution is 2.35. The lowest BCUT2D eigenvalue weighted by atomic mass is 10.1. The summed E-state index contributed by atoms with van der Waals surface area (Å²) in [7, 11) is 4.49. The highest BCUT2D eigenvalue weighted by Gasteiger charge is 2.21. The second-order valence-electron chi connectivity index (χ2n) is 6.29. The van der Waals surface area contributed by atoms with E-state index in [-0.39, 0.29) is 11.5 Å². The second kappa shape index (κ2) is 10.3. The van der Waals surface area contributed by atoms with Crippen LogP contribution in [0.5, 0.6) is 17.2 Å². The number of benzene rings is 2. The van der Waals surface area contributed by atoms with Crippen LogP contribution in [0.15, 0.2) is 59.1 Å². The van der Waals surface area contributed by atoms with E-state index in [4.69, 9.17) is 18.6 Å². The number of nitrogens with one attached hydrogen (secondary N) is 1. The van der Waals surface area contributed by atoms with Gasteiger partial charge >= 0.3 is 0 Å². The molecular weight excluding hydrogens is 410 g/mol. The summed E-state index contributed by atoms with van der Waals surface area (Å²) in [5, 5.41) is 2.86. The maximum atomic E-state index is 13.0. The van der Waals surface area contributed by atoms with Gasteiger partial charge in [0.15, 0.2) is 11.2 Å². The number of amides is 1. The molecule has 0 aliphatic carbocycles. The maximum Gasteiger partial charge on any atom is 0.263 e. The normalized spacial score (nSPS) is 10.2. The van der Waals surface area contributed by atoms with Gasteiger partial charge in [0.2, 0.25) is 5.89 Å². The zero-order valence-electron chi connectivity index (χ0n) is 18.6. The minimum Gasteiger partial charge on any atom is -0.496 e. The van der Waals surface area contributed by atoms with Crippen molar-refractivity contribution in [3.8, 4) is 28.7 Å². The van der Waals surface area contributed by atoms with E-state index in [9.17, 15) is 4.79 Å². The van der Waals surface area contributed by atoms with Crippen LogP contribution in [0.2, 0.25) is 0 Å². The molecule has 166 valence electrons. The Morgan fingerprint density at radius 3 is 2.28 bits per heavy atom. The molecule has 0 fully saturated rings. The van der Waals surface area contributed by atoms with Gasteiger partial charge in [0.05, 0.1) is 21.3 Å². The summed E-state index contributed by atoms with van der Waals surface area (Å²) in [6.45, 7) is 4.00. The van der Waals surface area contributed by atoms with E-state index in [1.165, 1.54) is 21.3 Å². The van der Waals surface area contributed by atoms with Crippen molar-refractivity contribution < 1.29 is 23.4 Å². The third kappa shape index (κ3) is 4.64. The summed E-state index contributed by atoms with van der Waals surface area (Å²) in [4.78, 5) is 21.6. The summed E-state index contributed by atoms with van der Waals surface area (Å²) < 4.78 is 21.7. The van der Waals surface area contributed by atoms with Crippen molar-refractivity contribution in [2.45, 2.75) is 13.8 Å². The van der Waals surface area contributed by atoms with Crippen molar-refractivity contribution in [2.75, 3.05) is 26.6 Å². The first kappa shape index (κ1) is 22.6. The molecule has 4 rings (SSSR count). The summed E-state index contributed by atoms with van der Waals surface area (Å²) >= 11 is 0. The quantitative estimate of drug-likeness (QED) is 0.445. The van der Waals surface area contributed by atoms with Gasteiger partial charge < -0.3 is 23.9 Å². The number of hydrogen-bond acceptors (Lipinski definition) is 7. The number of carbonyl (C=O) groups is 1. The molecule has 0 aliphatic heterocycles. The van der Waals surface area contributed by atoms with E-state index in [1.807, 2.05) is 19.9 Å². The molecule has 8 heteroatoms. The number of hydrogen-bond donors (Lipinski definition) is 1. The molecule has 2 aromatic carbocycles. The molecule has 0 radical (unpaired) electrons. The lowest BCUT2D eigenvalue weighted by Gasteiger charge is -2.15. The number of carbonyl (C=O) groups excluding carboxylic acids is 1. The monoisotopic (exact) mass is 435 g/mol. The predicted octanol–water partition coefficient (Wildman–Crippen LogP) is 5.19. The first-order valence-electron chi connectivity index (χ1n) is 10.1. The summed E-state index contributed by atoms with van der Waals surface area (Å²) in [5.41, 5.74) is 2.65. The van der Waals surface area contributed by atoms with Gasteiger partial charge in [-0.3, -0.25) is 4.79 Å². The van der Waals surface area contributed by atoms with Crippen LogP contribution in [0, 0.1) is 0 Å². The lowest BCUT2D eigenvalue weighted by molar-refractivity contribution is 0.102. The maximum absolute atomic E-state index is 13.0. The standard InChI is InChI=1S/C22H19N3O5.C2H6/c1-27-15-11-17(28-2)19(18(12-15)29-3)21(26)24-14-7-4-6-13(10-14)22-25-20-16(30-22)8-5-9-23-20;1-2/h4-12H,1-3H3,(H,24,26);1-2H3. The lowest BCUT2D eigenvalue weighted by Crippen LogP contribution is -2.15. The van der Waals surface area contributed by atoms with Gasteiger partial charge in [-0.25, -0.2) is 4.98 Å². The van der Waals surface area contributed by atoms with Crippen molar-refractivity contribution in [2.24, 2.45) is 0 Å². The van der Waals surface area contributed by atoms with Gasteiger partial charge in [0.1, 0.15) is 22.8 Å². The van der Waals surface area contributed by atoms with Crippen molar-refractivity contribution in [1.82, 2.24) is 9.97 Å². The number of fused-ring (bicyclic) bond motifs is 1. The van der Waals surface area contributed by atoms with E-state index in [2.05, 4.69) is 15.3 Å². The Morgan fingerprint density at radius 1 is 0.938 bits per heavy atom. The first-order valence-corrected chi connectivity index (χ1v) is 10.1. The van der Waals surface area contributed by atoms with Crippen LogP contribution < -0.4 is 19.5 Å². The van der Waals surface area contributed by atoms with E-state index in [1.54, 1.807) is 48.7 Å². The Bertz CT molecular complexity index is 1160. The Kier molecular flexibility index (Phi) is 7.28. The van der Waals surface area contributed by atoms with Crippen molar-refractivity contribution in [1.29, 1.82) is 0 Å². The van der Waals surface area contributed by atoms with E-state index < -0.39 is 0 Å². The molecule has 1 amide bonds. The Hall–Kier alpha value is -4.07. The Labute approximate surface area is 186 Å². The van der Waals surface area contributed by atoms with Crippen LogP contribution in [-0.4, -0.2) is 37.2 Å². The van der Waals surface area contributed by atoms with Gasteiger partial charge in [0, 0.05) is 29.6 Å². The SMILES string of the molecule is CC.COc1cc(OC)c(C(=O)Nc2cccc(-c3nc4ncccc4o3)c2)c(OC)c1. The number of nitrogens with zero attached hydrogens (tertiary/aromatic N) is 2. The third-order valence-electron chi connectivity index (χ3n) is 4.47. The molecule has 32 heavy (non-hydrogen) atoms. The van der Waals surface area contributed by atoms with Crippen LogP contribution in [0.25, 0.3) is 22.7 Å². The Balaban J connectivity index is 0.00000141. The fraction of sp³-hybridized carbons (Fsp3) is 0.208. The highest BCUT2D eigenvalue weighted by atomic mass is 16.5. The van der Waals surface area contributed by atoms with Crippen LogP contribution in [0.1, 0.15) is 24.2 Å². The zero-order valence-corrected chi connectivity index (χ0v) is 18.6. The number of rotatable bonds is 6. The van der Waals surface area contributed by atoms with Crippen LogP contribution in [0.4, 0.5) is 5.69 Å². The summed E-state index contributed by atoms with van der Waals surface area (Å²) in [6.07, 6.45) is 1.65. The van der Waals surface area contributed by atoms with Crippen LogP contribution in [-0.2, 0) is 0 Å². The molecule has 4 aromatic rings. The summed E-state index contributed by atoms with van der Waals surface area (Å²) in [6, 6.07) is 14.0. The second-order valence-corrected chi connectivity index (χ2v) is 6.29. The number of ether oxygens (including phenoxy) is 3. The van der Waals surface area contributed by atoms with Gasteiger partial charge in [-0.2, -0.15) is 4.98 Å². The number of oxazole rings is 1. The first-order chi connectivity index (χ1) is 15.6. The van der Waals surface area contributed by atoms with E-state index >= 15 is 0 Å². The Morgan fingerprint density at radius 2 is 1.66 bits per heavy atom. The van der Waals surface area contributed by atoms with E-state index in [0.717, 1.165) is 0 Å². The fourth-order valence-corrected chi connectivity index (χ4v) is 3.05. The summed E-state index contributed by atoms with van der Waals surface area (Å²) in [5.74, 6) is 1.23. The molecule has 0 atom stereocenters. The fourth-order valence-electron chi connectivity index (χ4n) is 3.05. The highest BCUT2D eigenvalue weighted by molar-refractivity contribution is 6.08. The van der Waals surface area contributed by atoms with Crippen LogP contribution in [0.3, 0.4) is 0 Å². The number of aromatic nitrogens is 2. The average molecular weight is 435 g/mol. The number of methoxy groups -OCH3 is 3. The van der Waals surface area contributed by atoms with Crippen molar-refractivity contribution in [3.05, 3.63) is 60.3 Å². The molecule has 2 aromatic heterocycles.